The highest BCUT2D eigenvalue weighted by atomic mass is 32.2. The van der Waals surface area contributed by atoms with Crippen LogP contribution in [0, 0.1) is 6.92 Å². The van der Waals surface area contributed by atoms with Crippen molar-refractivity contribution in [1.29, 1.82) is 0 Å². The van der Waals surface area contributed by atoms with E-state index < -0.39 is 0 Å². The van der Waals surface area contributed by atoms with Crippen molar-refractivity contribution in [2.75, 3.05) is 6.54 Å². The van der Waals surface area contributed by atoms with Crippen LogP contribution < -0.4 is 5.32 Å². The monoisotopic (exact) mass is 271 g/mol. The average molecular weight is 271 g/mol. The van der Waals surface area contributed by atoms with Crippen LogP contribution in [-0.4, -0.2) is 6.54 Å². The second kappa shape index (κ2) is 6.78. The Bertz CT molecular complexity index is 519. The van der Waals surface area contributed by atoms with Crippen LogP contribution in [0.25, 0.3) is 0 Å². The maximum Gasteiger partial charge on any atom is 0.0302 e. The smallest absolute Gasteiger partial charge is 0.0302 e. The average Bonchev–Trinajstić information content (AvgIpc) is 2.42. The number of nitrogens with one attached hydrogen (secondary N) is 1. The number of rotatable bonds is 5. The van der Waals surface area contributed by atoms with Gasteiger partial charge < -0.3 is 5.32 Å². The highest BCUT2D eigenvalue weighted by molar-refractivity contribution is 7.99. The molecule has 1 nitrogen and oxygen atoms in total. The summed E-state index contributed by atoms with van der Waals surface area (Å²) in [5.74, 6) is 0. The molecule has 1 N–H and O–H groups in total. The highest BCUT2D eigenvalue weighted by Crippen LogP contribution is 2.33. The molecule has 0 aliphatic rings. The Balaban J connectivity index is 2.22. The molecule has 1 atom stereocenters. The molecule has 2 aromatic rings. The molecule has 100 valence electrons. The summed E-state index contributed by atoms with van der Waals surface area (Å²) in [6, 6.07) is 17.7. The minimum Gasteiger partial charge on any atom is -0.310 e. The molecule has 2 aromatic carbocycles. The second-order valence-electron chi connectivity index (χ2n) is 4.73. The van der Waals surface area contributed by atoms with Crippen molar-refractivity contribution in [2.45, 2.75) is 36.6 Å². The molecule has 0 aliphatic heterocycles. The van der Waals surface area contributed by atoms with E-state index in [0.717, 1.165) is 6.54 Å². The lowest BCUT2D eigenvalue weighted by Crippen LogP contribution is -2.18. The lowest BCUT2D eigenvalue weighted by atomic mass is 10.1. The first-order valence-corrected chi connectivity index (χ1v) is 7.59. The molecule has 0 fully saturated rings. The van der Waals surface area contributed by atoms with Crippen LogP contribution in [0.5, 0.6) is 0 Å². The SMILES string of the molecule is CCNC(C)c1ccccc1Sc1ccc(C)cc1. The molecular formula is C17H21NS. The first kappa shape index (κ1) is 14.2. The zero-order valence-electron chi connectivity index (χ0n) is 11.8. The molecule has 2 heteroatoms. The molecule has 0 heterocycles. The van der Waals surface area contributed by atoms with Gasteiger partial charge in [0.25, 0.3) is 0 Å². The fourth-order valence-corrected chi connectivity index (χ4v) is 3.12. The van der Waals surface area contributed by atoms with Crippen molar-refractivity contribution in [3.8, 4) is 0 Å². The molecule has 0 spiro atoms. The van der Waals surface area contributed by atoms with Gasteiger partial charge in [-0.3, -0.25) is 0 Å². The Hall–Kier alpha value is -1.25. The topological polar surface area (TPSA) is 12.0 Å². The van der Waals surface area contributed by atoms with E-state index in [-0.39, 0.29) is 0 Å². The van der Waals surface area contributed by atoms with E-state index in [9.17, 15) is 0 Å². The van der Waals surface area contributed by atoms with Crippen LogP contribution in [0.1, 0.15) is 31.0 Å². The van der Waals surface area contributed by atoms with Gasteiger partial charge in [-0.25, -0.2) is 0 Å². The van der Waals surface area contributed by atoms with E-state index in [1.54, 1.807) is 0 Å². The van der Waals surface area contributed by atoms with Gasteiger partial charge in [0.15, 0.2) is 0 Å². The Morgan fingerprint density at radius 1 is 1.05 bits per heavy atom. The van der Waals surface area contributed by atoms with Gasteiger partial charge in [0, 0.05) is 15.8 Å². The van der Waals surface area contributed by atoms with E-state index in [2.05, 4.69) is 74.6 Å². The van der Waals surface area contributed by atoms with Crippen LogP contribution in [-0.2, 0) is 0 Å². The van der Waals surface area contributed by atoms with Gasteiger partial charge in [0.1, 0.15) is 0 Å². The Morgan fingerprint density at radius 2 is 1.74 bits per heavy atom. The molecule has 1 unspecified atom stereocenters. The van der Waals surface area contributed by atoms with Gasteiger partial charge >= 0.3 is 0 Å². The summed E-state index contributed by atoms with van der Waals surface area (Å²) in [5, 5.41) is 3.48. The maximum absolute atomic E-state index is 3.48. The first-order valence-electron chi connectivity index (χ1n) is 6.77. The van der Waals surface area contributed by atoms with Crippen LogP contribution >= 0.6 is 11.8 Å². The summed E-state index contributed by atoms with van der Waals surface area (Å²) in [4.78, 5) is 2.63. The van der Waals surface area contributed by atoms with Gasteiger partial charge in [0.2, 0.25) is 0 Å². The standard InChI is InChI=1S/C17H21NS/c1-4-18-14(3)16-7-5-6-8-17(16)19-15-11-9-13(2)10-12-15/h5-12,14,18H,4H2,1-3H3. The summed E-state index contributed by atoms with van der Waals surface area (Å²) in [7, 11) is 0. The van der Waals surface area contributed by atoms with Crippen molar-refractivity contribution in [2.24, 2.45) is 0 Å². The Morgan fingerprint density at radius 3 is 2.42 bits per heavy atom. The van der Waals surface area contributed by atoms with Crippen LogP contribution in [0.15, 0.2) is 58.3 Å². The summed E-state index contributed by atoms with van der Waals surface area (Å²) in [6.07, 6.45) is 0. The van der Waals surface area contributed by atoms with Gasteiger partial charge in [-0.05, 0) is 44.2 Å². The fraction of sp³-hybridized carbons (Fsp3) is 0.294. The van der Waals surface area contributed by atoms with E-state index in [1.165, 1.54) is 20.9 Å². The number of benzene rings is 2. The van der Waals surface area contributed by atoms with Gasteiger partial charge in [-0.15, -0.1) is 0 Å². The summed E-state index contributed by atoms with van der Waals surface area (Å²) in [6.45, 7) is 7.48. The van der Waals surface area contributed by atoms with E-state index in [0.29, 0.717) is 6.04 Å². The quantitative estimate of drug-likeness (QED) is 0.837. The summed E-state index contributed by atoms with van der Waals surface area (Å²) >= 11 is 1.84. The zero-order chi connectivity index (χ0) is 13.7. The second-order valence-corrected chi connectivity index (χ2v) is 5.85. The lowest BCUT2D eigenvalue weighted by molar-refractivity contribution is 0.590. The third-order valence-corrected chi connectivity index (χ3v) is 4.24. The molecule has 0 saturated carbocycles. The first-order chi connectivity index (χ1) is 9.20. The Kier molecular flexibility index (Phi) is 5.06. The predicted molar refractivity (Wildman–Crippen MR) is 83.8 cm³/mol. The zero-order valence-corrected chi connectivity index (χ0v) is 12.6. The van der Waals surface area contributed by atoms with Crippen LogP contribution in [0.4, 0.5) is 0 Å². The minimum absolute atomic E-state index is 0.388. The fourth-order valence-electron chi connectivity index (χ4n) is 2.08. The molecule has 0 bridgehead atoms. The van der Waals surface area contributed by atoms with Crippen LogP contribution in [0.2, 0.25) is 0 Å². The Labute approximate surface area is 120 Å². The van der Waals surface area contributed by atoms with Gasteiger partial charge in [-0.1, -0.05) is 54.6 Å². The van der Waals surface area contributed by atoms with E-state index >= 15 is 0 Å². The summed E-state index contributed by atoms with van der Waals surface area (Å²) < 4.78 is 0. The summed E-state index contributed by atoms with van der Waals surface area (Å²) in [5.41, 5.74) is 2.67. The maximum atomic E-state index is 3.48. The van der Waals surface area contributed by atoms with Gasteiger partial charge in [0.05, 0.1) is 0 Å². The predicted octanol–water partition coefficient (Wildman–Crippen LogP) is 4.82. The van der Waals surface area contributed by atoms with E-state index in [1.807, 2.05) is 11.8 Å². The highest BCUT2D eigenvalue weighted by Gasteiger charge is 2.09. The van der Waals surface area contributed by atoms with Crippen molar-refractivity contribution >= 4 is 11.8 Å². The largest absolute Gasteiger partial charge is 0.310 e. The molecule has 0 aromatic heterocycles. The van der Waals surface area contributed by atoms with Crippen molar-refractivity contribution in [1.82, 2.24) is 5.32 Å². The lowest BCUT2D eigenvalue weighted by Gasteiger charge is -2.16. The number of hydrogen-bond donors (Lipinski definition) is 1. The molecule has 0 saturated heterocycles. The minimum atomic E-state index is 0.388. The number of hydrogen-bond acceptors (Lipinski definition) is 2. The van der Waals surface area contributed by atoms with E-state index in [4.69, 9.17) is 0 Å². The molecular weight excluding hydrogens is 250 g/mol. The van der Waals surface area contributed by atoms with Crippen molar-refractivity contribution in [3.05, 3.63) is 59.7 Å². The normalized spacial score (nSPS) is 12.4. The molecule has 2 rings (SSSR count). The molecule has 19 heavy (non-hydrogen) atoms. The van der Waals surface area contributed by atoms with Crippen LogP contribution in [0.3, 0.4) is 0 Å². The molecule has 0 aliphatic carbocycles. The molecule has 0 amide bonds. The number of aryl methyl sites for hydroxylation is 1. The third kappa shape index (κ3) is 3.85. The van der Waals surface area contributed by atoms with Gasteiger partial charge in [-0.2, -0.15) is 0 Å². The van der Waals surface area contributed by atoms with Crippen molar-refractivity contribution < 1.29 is 0 Å². The third-order valence-electron chi connectivity index (χ3n) is 3.14. The van der Waals surface area contributed by atoms with Crippen molar-refractivity contribution in [3.63, 3.8) is 0 Å². The molecule has 0 radical (unpaired) electrons.